The Morgan fingerprint density at radius 1 is 0.760 bits per heavy atom. The number of aromatic hydroxyl groups is 1. The van der Waals surface area contributed by atoms with Gasteiger partial charge in [0.1, 0.15) is 0 Å². The van der Waals surface area contributed by atoms with Gasteiger partial charge in [-0.1, -0.05) is 103 Å². The van der Waals surface area contributed by atoms with Crippen LogP contribution in [0.4, 0.5) is 0 Å². The number of imidazole rings is 1. The summed E-state index contributed by atoms with van der Waals surface area (Å²) in [6.45, 7) is 2.89. The van der Waals surface area contributed by atoms with E-state index >= 15 is 0 Å². The standard InChI is InChI=1S/C21H40N2O2/c1-2-3-4-5-6-7-8-9-10-11-12-13-14-15-16-17-18-23-20(24)19-22-21(23)25/h19,24H,2-18H2,1H3,(H,22,25). The molecule has 0 amide bonds. The molecule has 0 radical (unpaired) electrons. The fourth-order valence-corrected chi connectivity index (χ4v) is 3.42. The van der Waals surface area contributed by atoms with E-state index in [4.69, 9.17) is 0 Å². The number of aromatic nitrogens is 2. The molecular weight excluding hydrogens is 312 g/mol. The lowest BCUT2D eigenvalue weighted by Gasteiger charge is -2.04. The zero-order valence-electron chi connectivity index (χ0n) is 16.4. The molecule has 0 spiro atoms. The molecule has 25 heavy (non-hydrogen) atoms. The summed E-state index contributed by atoms with van der Waals surface area (Å²) in [7, 11) is 0. The van der Waals surface area contributed by atoms with Crippen LogP contribution in [0.25, 0.3) is 0 Å². The first kappa shape index (κ1) is 21.9. The van der Waals surface area contributed by atoms with Crippen LogP contribution in [0.3, 0.4) is 0 Å². The van der Waals surface area contributed by atoms with Gasteiger partial charge in [0.15, 0.2) is 0 Å². The van der Waals surface area contributed by atoms with E-state index < -0.39 is 0 Å². The molecule has 2 N–H and O–H groups in total. The van der Waals surface area contributed by atoms with Gasteiger partial charge in [-0.3, -0.25) is 4.57 Å². The predicted octanol–water partition coefficient (Wildman–Crippen LogP) is 6.14. The Morgan fingerprint density at radius 3 is 1.52 bits per heavy atom. The molecular formula is C21H40N2O2. The molecule has 0 saturated carbocycles. The van der Waals surface area contributed by atoms with Crippen molar-refractivity contribution in [2.24, 2.45) is 0 Å². The number of nitrogens with one attached hydrogen (secondary N) is 1. The van der Waals surface area contributed by atoms with Crippen LogP contribution in [0, 0.1) is 0 Å². The van der Waals surface area contributed by atoms with Gasteiger partial charge in [0.25, 0.3) is 0 Å². The molecule has 0 saturated heterocycles. The maximum Gasteiger partial charge on any atom is 0.328 e. The van der Waals surface area contributed by atoms with Gasteiger partial charge in [0.2, 0.25) is 5.88 Å². The monoisotopic (exact) mass is 352 g/mol. The zero-order chi connectivity index (χ0) is 18.2. The van der Waals surface area contributed by atoms with E-state index in [-0.39, 0.29) is 11.6 Å². The van der Waals surface area contributed by atoms with Crippen LogP contribution in [0.2, 0.25) is 0 Å². The molecule has 1 rings (SSSR count). The molecule has 4 heteroatoms. The Labute approximate surface area is 154 Å². The maximum atomic E-state index is 11.4. The third kappa shape index (κ3) is 11.1. The lowest BCUT2D eigenvalue weighted by molar-refractivity contribution is 0.405. The highest BCUT2D eigenvalue weighted by molar-refractivity contribution is 5.02. The van der Waals surface area contributed by atoms with Gasteiger partial charge in [0, 0.05) is 6.54 Å². The summed E-state index contributed by atoms with van der Waals surface area (Å²) in [5, 5.41) is 9.49. The van der Waals surface area contributed by atoms with Gasteiger partial charge >= 0.3 is 5.69 Å². The number of aromatic amines is 1. The summed E-state index contributed by atoms with van der Waals surface area (Å²) in [6.07, 6.45) is 22.8. The zero-order valence-corrected chi connectivity index (χ0v) is 16.4. The molecule has 1 heterocycles. The Morgan fingerprint density at radius 2 is 1.16 bits per heavy atom. The molecule has 0 unspecified atom stereocenters. The van der Waals surface area contributed by atoms with Crippen molar-refractivity contribution >= 4 is 0 Å². The number of unbranched alkanes of at least 4 members (excludes halogenated alkanes) is 15. The molecule has 1 aromatic heterocycles. The first-order valence-corrected chi connectivity index (χ1v) is 10.7. The minimum atomic E-state index is -0.210. The van der Waals surface area contributed by atoms with Crippen LogP contribution in [-0.4, -0.2) is 14.7 Å². The van der Waals surface area contributed by atoms with E-state index in [1.807, 2.05) is 0 Å². The predicted molar refractivity (Wildman–Crippen MR) is 106 cm³/mol. The summed E-state index contributed by atoms with van der Waals surface area (Å²) in [6, 6.07) is 0. The van der Waals surface area contributed by atoms with Crippen molar-refractivity contribution in [3.63, 3.8) is 0 Å². The van der Waals surface area contributed by atoms with E-state index in [0.717, 1.165) is 12.8 Å². The minimum absolute atomic E-state index is 0.0472. The van der Waals surface area contributed by atoms with Crippen LogP contribution in [0.1, 0.15) is 110 Å². The lowest BCUT2D eigenvalue weighted by Crippen LogP contribution is -2.16. The van der Waals surface area contributed by atoms with Gasteiger partial charge in [-0.25, -0.2) is 4.79 Å². The Balaban J connectivity index is 1.77. The highest BCUT2D eigenvalue weighted by Crippen LogP contribution is 2.14. The molecule has 0 fully saturated rings. The molecule has 0 bridgehead atoms. The van der Waals surface area contributed by atoms with E-state index in [0.29, 0.717) is 6.54 Å². The van der Waals surface area contributed by atoms with Crippen molar-refractivity contribution in [3.05, 3.63) is 16.7 Å². The quantitative estimate of drug-likeness (QED) is 0.331. The van der Waals surface area contributed by atoms with Crippen LogP contribution >= 0.6 is 0 Å². The fourth-order valence-electron chi connectivity index (χ4n) is 3.42. The number of hydrogen-bond donors (Lipinski definition) is 2. The summed E-state index contributed by atoms with van der Waals surface area (Å²) in [5.74, 6) is 0.0472. The van der Waals surface area contributed by atoms with Gasteiger partial charge in [-0.15, -0.1) is 0 Å². The van der Waals surface area contributed by atoms with Crippen molar-refractivity contribution in [3.8, 4) is 5.88 Å². The highest BCUT2D eigenvalue weighted by Gasteiger charge is 2.03. The largest absolute Gasteiger partial charge is 0.493 e. The van der Waals surface area contributed by atoms with Crippen molar-refractivity contribution in [2.45, 2.75) is 116 Å². The topological polar surface area (TPSA) is 58.0 Å². The van der Waals surface area contributed by atoms with Crippen molar-refractivity contribution in [1.82, 2.24) is 9.55 Å². The van der Waals surface area contributed by atoms with E-state index in [1.165, 1.54) is 101 Å². The molecule has 0 aromatic carbocycles. The molecule has 4 nitrogen and oxygen atoms in total. The first-order chi connectivity index (χ1) is 12.3. The Bertz CT molecular complexity index is 465. The first-order valence-electron chi connectivity index (χ1n) is 10.7. The summed E-state index contributed by atoms with van der Waals surface area (Å²) >= 11 is 0. The fraction of sp³-hybridized carbons (Fsp3) is 0.857. The van der Waals surface area contributed by atoms with Crippen LogP contribution < -0.4 is 5.69 Å². The van der Waals surface area contributed by atoms with Crippen LogP contribution in [0.15, 0.2) is 11.0 Å². The average Bonchev–Trinajstić information content (AvgIpc) is 2.93. The molecule has 0 atom stereocenters. The Kier molecular flexibility index (Phi) is 13.2. The number of hydrogen-bond acceptors (Lipinski definition) is 2. The van der Waals surface area contributed by atoms with Gasteiger partial charge in [-0.05, 0) is 6.42 Å². The molecule has 0 aliphatic carbocycles. The summed E-state index contributed by atoms with van der Waals surface area (Å²) in [5.41, 5.74) is -0.210. The SMILES string of the molecule is CCCCCCCCCCCCCCCCCCn1c(O)c[nH]c1=O. The number of rotatable bonds is 17. The van der Waals surface area contributed by atoms with Gasteiger partial charge < -0.3 is 10.1 Å². The second-order valence-corrected chi connectivity index (χ2v) is 7.41. The third-order valence-electron chi connectivity index (χ3n) is 5.08. The van der Waals surface area contributed by atoms with Gasteiger partial charge in [-0.2, -0.15) is 0 Å². The summed E-state index contributed by atoms with van der Waals surface area (Å²) in [4.78, 5) is 13.9. The van der Waals surface area contributed by atoms with E-state index in [9.17, 15) is 9.90 Å². The van der Waals surface area contributed by atoms with Crippen LogP contribution in [-0.2, 0) is 6.54 Å². The number of nitrogens with zero attached hydrogens (tertiary/aromatic N) is 1. The third-order valence-corrected chi connectivity index (χ3v) is 5.08. The van der Waals surface area contributed by atoms with E-state index in [2.05, 4.69) is 11.9 Å². The van der Waals surface area contributed by atoms with Crippen molar-refractivity contribution in [1.29, 1.82) is 0 Å². The number of H-pyrrole nitrogens is 1. The van der Waals surface area contributed by atoms with Gasteiger partial charge in [0.05, 0.1) is 6.20 Å². The molecule has 0 aliphatic rings. The van der Waals surface area contributed by atoms with E-state index in [1.54, 1.807) is 0 Å². The minimum Gasteiger partial charge on any atom is -0.493 e. The molecule has 146 valence electrons. The lowest BCUT2D eigenvalue weighted by atomic mass is 10.0. The second-order valence-electron chi connectivity index (χ2n) is 7.41. The molecule has 0 aliphatic heterocycles. The maximum absolute atomic E-state index is 11.4. The van der Waals surface area contributed by atoms with Crippen LogP contribution in [0.5, 0.6) is 5.88 Å². The second kappa shape index (κ2) is 15.1. The van der Waals surface area contributed by atoms with Crippen molar-refractivity contribution in [2.75, 3.05) is 0 Å². The highest BCUT2D eigenvalue weighted by atomic mass is 16.3. The normalized spacial score (nSPS) is 11.2. The molecule has 1 aromatic rings. The Hall–Kier alpha value is -1.19. The average molecular weight is 353 g/mol. The van der Waals surface area contributed by atoms with Crippen molar-refractivity contribution < 1.29 is 5.11 Å². The smallest absolute Gasteiger partial charge is 0.328 e. The summed E-state index contributed by atoms with van der Waals surface area (Å²) < 4.78 is 1.41.